The first-order chi connectivity index (χ1) is 6.70. The van der Waals surface area contributed by atoms with Crippen LogP contribution in [0, 0.1) is 0 Å². The largest absolute Gasteiger partial charge is 0.479 e. The molecule has 1 unspecified atom stereocenters. The summed E-state index contributed by atoms with van der Waals surface area (Å²) in [6.45, 7) is 0. The number of carboxylic acid groups (broad SMARTS) is 1. The van der Waals surface area contributed by atoms with Crippen LogP contribution in [-0.2, 0) is 4.79 Å². The minimum atomic E-state index is -1.54. The third-order valence-electron chi connectivity index (χ3n) is 1.96. The van der Waals surface area contributed by atoms with Crippen molar-refractivity contribution in [3.8, 4) is 0 Å². The lowest BCUT2D eigenvalue weighted by atomic mass is 10.1. The topological polar surface area (TPSA) is 83.6 Å². The number of hydrogen-bond donors (Lipinski definition) is 2. The van der Waals surface area contributed by atoms with Gasteiger partial charge in [0.1, 0.15) is 0 Å². The van der Waals surface area contributed by atoms with Crippen LogP contribution in [0.15, 0.2) is 28.9 Å². The molecule has 0 aliphatic rings. The summed E-state index contributed by atoms with van der Waals surface area (Å²) in [5.74, 6) is -1.29. The van der Waals surface area contributed by atoms with E-state index in [1.165, 1.54) is 12.3 Å². The van der Waals surface area contributed by atoms with Gasteiger partial charge < -0.3 is 14.7 Å². The fourth-order valence-corrected chi connectivity index (χ4v) is 1.29. The van der Waals surface area contributed by atoms with Crippen LogP contribution in [0.1, 0.15) is 11.7 Å². The summed E-state index contributed by atoms with van der Waals surface area (Å²) in [6.07, 6.45) is -0.158. The number of aliphatic hydroxyl groups excluding tert-OH is 1. The predicted octanol–water partition coefficient (Wildman–Crippen LogP) is 0.946. The minimum Gasteiger partial charge on any atom is -0.479 e. The molecule has 2 N–H and O–H groups in total. The van der Waals surface area contributed by atoms with Crippen LogP contribution < -0.4 is 0 Å². The maximum Gasteiger partial charge on any atom is 0.337 e. The van der Waals surface area contributed by atoms with Gasteiger partial charge in [0.25, 0.3) is 0 Å². The van der Waals surface area contributed by atoms with Crippen LogP contribution in [0.3, 0.4) is 0 Å². The fraction of sp³-hybridized carbons (Fsp3) is 0.111. The quantitative estimate of drug-likeness (QED) is 0.741. The number of rotatable bonds is 2. The molecule has 0 amide bonds. The Kier molecular flexibility index (Phi) is 1.94. The van der Waals surface area contributed by atoms with Gasteiger partial charge in [-0.2, -0.15) is 0 Å². The van der Waals surface area contributed by atoms with Gasteiger partial charge in [0.2, 0.25) is 0 Å². The Hall–Kier alpha value is -1.88. The van der Waals surface area contributed by atoms with E-state index in [-0.39, 0.29) is 5.56 Å². The van der Waals surface area contributed by atoms with Crippen LogP contribution in [0.5, 0.6) is 0 Å². The van der Waals surface area contributed by atoms with E-state index in [0.717, 1.165) is 0 Å². The molecule has 1 atom stereocenters. The van der Waals surface area contributed by atoms with Crippen molar-refractivity contribution >= 4 is 16.9 Å². The molecule has 0 aliphatic carbocycles. The van der Waals surface area contributed by atoms with E-state index in [1.807, 2.05) is 0 Å². The molecule has 0 spiro atoms. The lowest BCUT2D eigenvalue weighted by molar-refractivity contribution is -0.146. The maximum absolute atomic E-state index is 10.6. The number of hydrogen-bond acceptors (Lipinski definition) is 4. The van der Waals surface area contributed by atoms with Crippen molar-refractivity contribution in [3.05, 3.63) is 30.0 Å². The first-order valence-corrected chi connectivity index (χ1v) is 3.94. The molecule has 0 fully saturated rings. The van der Waals surface area contributed by atoms with Crippen molar-refractivity contribution in [3.63, 3.8) is 0 Å². The van der Waals surface area contributed by atoms with E-state index in [2.05, 4.69) is 5.16 Å². The highest BCUT2D eigenvalue weighted by molar-refractivity contribution is 5.86. The molecule has 0 aliphatic heterocycles. The molecule has 1 heterocycles. The zero-order valence-corrected chi connectivity index (χ0v) is 7.04. The first-order valence-electron chi connectivity index (χ1n) is 3.94. The molecule has 5 nitrogen and oxygen atoms in total. The van der Waals surface area contributed by atoms with Crippen LogP contribution in [-0.4, -0.2) is 21.3 Å². The van der Waals surface area contributed by atoms with E-state index in [1.54, 1.807) is 12.1 Å². The first kappa shape index (κ1) is 8.71. The van der Waals surface area contributed by atoms with E-state index in [4.69, 9.17) is 9.63 Å². The number of benzene rings is 1. The summed E-state index contributed by atoms with van der Waals surface area (Å²) in [7, 11) is 0. The summed E-state index contributed by atoms with van der Waals surface area (Å²) in [4.78, 5) is 10.6. The normalized spacial score (nSPS) is 12.9. The van der Waals surface area contributed by atoms with Crippen molar-refractivity contribution in [1.82, 2.24) is 5.16 Å². The molecule has 0 bridgehead atoms. The molecule has 1 aromatic heterocycles. The smallest absolute Gasteiger partial charge is 0.337 e. The molecule has 14 heavy (non-hydrogen) atoms. The van der Waals surface area contributed by atoms with Gasteiger partial charge in [-0.3, -0.25) is 0 Å². The third kappa shape index (κ3) is 1.23. The summed E-state index contributed by atoms with van der Waals surface area (Å²) >= 11 is 0. The lowest BCUT2D eigenvalue weighted by Gasteiger charge is -2.05. The van der Waals surface area contributed by atoms with Gasteiger partial charge >= 0.3 is 5.97 Å². The highest BCUT2D eigenvalue weighted by Crippen LogP contribution is 2.23. The van der Waals surface area contributed by atoms with Crippen LogP contribution in [0.4, 0.5) is 0 Å². The Morgan fingerprint density at radius 3 is 3.00 bits per heavy atom. The highest BCUT2D eigenvalue weighted by atomic mass is 16.5. The predicted molar refractivity (Wildman–Crippen MR) is 46.6 cm³/mol. The number of fused-ring (bicyclic) bond motifs is 1. The summed E-state index contributed by atoms with van der Waals surface area (Å²) < 4.78 is 4.83. The molecule has 2 rings (SSSR count). The second-order valence-corrected chi connectivity index (χ2v) is 2.83. The number of nitrogens with zero attached hydrogens (tertiary/aromatic N) is 1. The molecule has 0 saturated carbocycles. The van der Waals surface area contributed by atoms with Gasteiger partial charge in [0, 0.05) is 10.9 Å². The lowest BCUT2D eigenvalue weighted by Crippen LogP contribution is -2.10. The van der Waals surface area contributed by atoms with Crippen molar-refractivity contribution in [2.75, 3.05) is 0 Å². The zero-order valence-electron chi connectivity index (χ0n) is 7.04. The van der Waals surface area contributed by atoms with Gasteiger partial charge in [-0.25, -0.2) is 4.79 Å². The van der Waals surface area contributed by atoms with Crippen molar-refractivity contribution < 1.29 is 19.5 Å². The Morgan fingerprint density at radius 2 is 2.29 bits per heavy atom. The van der Waals surface area contributed by atoms with Crippen molar-refractivity contribution in [2.24, 2.45) is 0 Å². The second kappa shape index (κ2) is 3.12. The van der Waals surface area contributed by atoms with Crippen LogP contribution in [0.2, 0.25) is 0 Å². The molecular formula is C9H7NO4. The Morgan fingerprint density at radius 1 is 1.50 bits per heavy atom. The van der Waals surface area contributed by atoms with Gasteiger partial charge in [-0.05, 0) is 6.07 Å². The van der Waals surface area contributed by atoms with Gasteiger partial charge in [0.15, 0.2) is 11.7 Å². The van der Waals surface area contributed by atoms with E-state index >= 15 is 0 Å². The number of carbonyl (C=O) groups is 1. The van der Waals surface area contributed by atoms with Gasteiger partial charge in [-0.1, -0.05) is 17.3 Å². The average Bonchev–Trinajstić information content (AvgIpc) is 2.63. The Balaban J connectivity index is 2.61. The monoisotopic (exact) mass is 193 g/mol. The van der Waals surface area contributed by atoms with E-state index < -0.39 is 12.1 Å². The SMILES string of the molecule is O=C(O)C(O)c1cccc2oncc12. The Labute approximate surface area is 78.6 Å². The van der Waals surface area contributed by atoms with E-state index in [9.17, 15) is 9.90 Å². The molecule has 5 heteroatoms. The number of aliphatic hydroxyl groups is 1. The standard InChI is InChI=1S/C9H7NO4/c11-8(9(12)13)5-2-1-3-7-6(5)4-10-14-7/h1-4,8,11H,(H,12,13). The fourth-order valence-electron chi connectivity index (χ4n) is 1.29. The highest BCUT2D eigenvalue weighted by Gasteiger charge is 2.19. The Bertz CT molecular complexity index is 476. The van der Waals surface area contributed by atoms with E-state index in [0.29, 0.717) is 11.0 Å². The molecule has 0 saturated heterocycles. The summed E-state index contributed by atoms with van der Waals surface area (Å²) in [5.41, 5.74) is 0.749. The van der Waals surface area contributed by atoms with Crippen LogP contribution >= 0.6 is 0 Å². The average molecular weight is 193 g/mol. The second-order valence-electron chi connectivity index (χ2n) is 2.83. The van der Waals surface area contributed by atoms with Gasteiger partial charge in [-0.15, -0.1) is 0 Å². The zero-order chi connectivity index (χ0) is 10.1. The molecule has 2 aromatic rings. The molecule has 72 valence electrons. The van der Waals surface area contributed by atoms with Crippen LogP contribution in [0.25, 0.3) is 11.0 Å². The maximum atomic E-state index is 10.6. The summed E-state index contributed by atoms with van der Waals surface area (Å²) in [6, 6.07) is 4.79. The van der Waals surface area contributed by atoms with Gasteiger partial charge in [0.05, 0.1) is 6.20 Å². The van der Waals surface area contributed by atoms with Crippen molar-refractivity contribution in [2.45, 2.75) is 6.10 Å². The molecule has 1 aromatic carbocycles. The summed E-state index contributed by atoms with van der Waals surface area (Å²) in [5, 5.41) is 22.0. The number of aliphatic carboxylic acids is 1. The third-order valence-corrected chi connectivity index (χ3v) is 1.96. The number of carboxylic acids is 1. The van der Waals surface area contributed by atoms with Crippen molar-refractivity contribution in [1.29, 1.82) is 0 Å². The minimum absolute atomic E-state index is 0.288. The number of aromatic nitrogens is 1. The molecular weight excluding hydrogens is 186 g/mol. The molecule has 0 radical (unpaired) electrons.